The lowest BCUT2D eigenvalue weighted by molar-refractivity contribution is -0.132. The topological polar surface area (TPSA) is 32.3 Å². The van der Waals surface area contributed by atoms with Crippen LogP contribution in [0, 0.1) is 0 Å². The van der Waals surface area contributed by atoms with E-state index in [2.05, 4.69) is 12.2 Å². The summed E-state index contributed by atoms with van der Waals surface area (Å²) in [5.74, 6) is -0.0249. The normalized spacial score (nSPS) is 20.9. The summed E-state index contributed by atoms with van der Waals surface area (Å²) in [4.78, 5) is 15.4. The second-order valence-electron chi connectivity index (χ2n) is 6.32. The molecule has 0 aromatic heterocycles. The van der Waals surface area contributed by atoms with Gasteiger partial charge in [0.05, 0.1) is 5.92 Å². The van der Waals surface area contributed by atoms with E-state index in [9.17, 15) is 4.79 Å². The molecule has 1 N–H and O–H groups in total. The predicted molar refractivity (Wildman–Crippen MR) is 93.4 cm³/mol. The van der Waals surface area contributed by atoms with Gasteiger partial charge in [-0.05, 0) is 31.5 Å². The first-order valence-electron chi connectivity index (χ1n) is 8.28. The van der Waals surface area contributed by atoms with E-state index in [1.165, 1.54) is 0 Å². The van der Waals surface area contributed by atoms with Gasteiger partial charge in [-0.3, -0.25) is 4.79 Å². The Labute approximate surface area is 138 Å². The third-order valence-corrected chi connectivity index (χ3v) is 4.78. The number of nitrogens with zero attached hydrogens (tertiary/aromatic N) is 1. The Balaban J connectivity index is 1.94. The lowest BCUT2D eigenvalue weighted by Gasteiger charge is -2.27. The van der Waals surface area contributed by atoms with Gasteiger partial charge >= 0.3 is 0 Å². The van der Waals surface area contributed by atoms with Crippen molar-refractivity contribution in [2.24, 2.45) is 0 Å². The first kappa shape index (κ1) is 15.8. The Bertz CT molecular complexity index is 602. The third-order valence-electron chi connectivity index (χ3n) is 4.78. The summed E-state index contributed by atoms with van der Waals surface area (Å²) in [5.41, 5.74) is 2.12. The Hall–Kier alpha value is -2.13. The Morgan fingerprint density at radius 2 is 1.57 bits per heavy atom. The van der Waals surface area contributed by atoms with Gasteiger partial charge in [-0.15, -0.1) is 0 Å². The molecule has 0 radical (unpaired) electrons. The van der Waals surface area contributed by atoms with Gasteiger partial charge in [-0.2, -0.15) is 0 Å². The van der Waals surface area contributed by atoms with Gasteiger partial charge in [0.1, 0.15) is 0 Å². The number of amides is 1. The fourth-order valence-electron chi connectivity index (χ4n) is 3.48. The summed E-state index contributed by atoms with van der Waals surface area (Å²) in [6, 6.07) is 20.8. The maximum atomic E-state index is 13.3. The summed E-state index contributed by atoms with van der Waals surface area (Å²) in [7, 11) is 1.97. The Kier molecular flexibility index (Phi) is 4.77. The minimum Gasteiger partial charge on any atom is -0.338 e. The summed E-state index contributed by atoms with van der Waals surface area (Å²) >= 11 is 0. The van der Waals surface area contributed by atoms with E-state index in [-0.39, 0.29) is 17.9 Å². The molecule has 1 saturated heterocycles. The summed E-state index contributed by atoms with van der Waals surface area (Å²) in [6.45, 7) is 2.93. The van der Waals surface area contributed by atoms with E-state index in [0.29, 0.717) is 6.04 Å². The van der Waals surface area contributed by atoms with E-state index >= 15 is 0 Å². The summed E-state index contributed by atoms with van der Waals surface area (Å²) in [6.07, 6.45) is 1.01. The van der Waals surface area contributed by atoms with Gasteiger partial charge in [0.2, 0.25) is 5.91 Å². The molecule has 0 bridgehead atoms. The van der Waals surface area contributed by atoms with Crippen LogP contribution in [-0.4, -0.2) is 36.5 Å². The number of hydrogen-bond acceptors (Lipinski definition) is 2. The Morgan fingerprint density at radius 1 is 1.04 bits per heavy atom. The van der Waals surface area contributed by atoms with Crippen LogP contribution >= 0.6 is 0 Å². The third kappa shape index (κ3) is 3.30. The summed E-state index contributed by atoms with van der Waals surface area (Å²) in [5, 5.41) is 3.30. The standard InChI is InChI=1S/C20H24N2O/c1-15-13-18(21-2)14-22(15)20(23)19(16-9-5-3-6-10-16)17-11-7-4-8-12-17/h3-12,15,18-19,21H,13-14H2,1-2H3/t15-,18+/m1/s1. The summed E-state index contributed by atoms with van der Waals surface area (Å²) < 4.78 is 0. The van der Waals surface area contributed by atoms with E-state index in [4.69, 9.17) is 0 Å². The highest BCUT2D eigenvalue weighted by atomic mass is 16.2. The number of likely N-dealkylation sites (tertiary alicyclic amines) is 1. The number of carbonyl (C=O) groups is 1. The smallest absolute Gasteiger partial charge is 0.234 e. The molecule has 0 spiro atoms. The minimum atomic E-state index is -0.226. The molecule has 1 amide bonds. The first-order chi connectivity index (χ1) is 11.2. The van der Waals surface area contributed by atoms with Crippen molar-refractivity contribution in [2.45, 2.75) is 31.3 Å². The van der Waals surface area contributed by atoms with Gasteiger partial charge in [-0.1, -0.05) is 60.7 Å². The average molecular weight is 308 g/mol. The van der Waals surface area contributed by atoms with Gasteiger partial charge in [-0.25, -0.2) is 0 Å². The zero-order valence-electron chi connectivity index (χ0n) is 13.8. The maximum Gasteiger partial charge on any atom is 0.234 e. The van der Waals surface area contributed by atoms with Crippen LogP contribution in [0.4, 0.5) is 0 Å². The van der Waals surface area contributed by atoms with Crippen molar-refractivity contribution in [3.63, 3.8) is 0 Å². The fraction of sp³-hybridized carbons (Fsp3) is 0.350. The minimum absolute atomic E-state index is 0.202. The number of likely N-dealkylation sites (N-methyl/N-ethyl adjacent to an activating group) is 1. The lowest BCUT2D eigenvalue weighted by Crippen LogP contribution is -2.39. The molecule has 0 unspecified atom stereocenters. The van der Waals surface area contributed by atoms with Crippen molar-refractivity contribution >= 4 is 5.91 Å². The quantitative estimate of drug-likeness (QED) is 0.941. The molecule has 3 rings (SSSR count). The van der Waals surface area contributed by atoms with Crippen LogP contribution < -0.4 is 5.32 Å². The van der Waals surface area contributed by atoms with Gasteiger partial charge in [0, 0.05) is 18.6 Å². The van der Waals surface area contributed by atoms with Crippen molar-refractivity contribution in [1.82, 2.24) is 10.2 Å². The average Bonchev–Trinajstić information content (AvgIpc) is 2.98. The van der Waals surface area contributed by atoms with Crippen LogP contribution in [0.5, 0.6) is 0 Å². The van der Waals surface area contributed by atoms with Crippen molar-refractivity contribution in [3.8, 4) is 0 Å². The number of carbonyl (C=O) groups excluding carboxylic acids is 1. The van der Waals surface area contributed by atoms with Gasteiger partial charge in [0.15, 0.2) is 0 Å². The second kappa shape index (κ2) is 6.97. The molecule has 1 heterocycles. The zero-order chi connectivity index (χ0) is 16.2. The zero-order valence-corrected chi connectivity index (χ0v) is 13.8. The molecule has 23 heavy (non-hydrogen) atoms. The van der Waals surface area contributed by atoms with Crippen molar-refractivity contribution in [3.05, 3.63) is 71.8 Å². The highest BCUT2D eigenvalue weighted by Gasteiger charge is 2.36. The molecule has 3 nitrogen and oxygen atoms in total. The lowest BCUT2D eigenvalue weighted by atomic mass is 9.90. The van der Waals surface area contributed by atoms with Gasteiger partial charge in [0.25, 0.3) is 0 Å². The fourth-order valence-corrected chi connectivity index (χ4v) is 3.48. The van der Waals surface area contributed by atoms with Gasteiger partial charge < -0.3 is 10.2 Å². The van der Waals surface area contributed by atoms with Crippen LogP contribution in [0.1, 0.15) is 30.4 Å². The molecule has 1 fully saturated rings. The first-order valence-corrected chi connectivity index (χ1v) is 8.28. The molecule has 1 aliphatic rings. The van der Waals surface area contributed by atoms with Crippen molar-refractivity contribution in [2.75, 3.05) is 13.6 Å². The molecule has 3 heteroatoms. The number of benzene rings is 2. The number of nitrogens with one attached hydrogen (secondary N) is 1. The molecule has 120 valence electrons. The monoisotopic (exact) mass is 308 g/mol. The number of hydrogen-bond donors (Lipinski definition) is 1. The van der Waals surface area contributed by atoms with Crippen LogP contribution in [0.25, 0.3) is 0 Å². The molecule has 2 aromatic carbocycles. The van der Waals surface area contributed by atoms with Crippen molar-refractivity contribution < 1.29 is 4.79 Å². The van der Waals surface area contributed by atoms with E-state index < -0.39 is 0 Å². The van der Waals surface area contributed by atoms with Crippen molar-refractivity contribution in [1.29, 1.82) is 0 Å². The highest BCUT2D eigenvalue weighted by Crippen LogP contribution is 2.30. The molecule has 2 aromatic rings. The molecule has 0 aliphatic carbocycles. The molecular weight excluding hydrogens is 284 g/mol. The number of rotatable bonds is 4. The second-order valence-corrected chi connectivity index (χ2v) is 6.32. The van der Waals surface area contributed by atoms with E-state index in [1.807, 2.05) is 72.6 Å². The highest BCUT2D eigenvalue weighted by molar-refractivity contribution is 5.87. The van der Waals surface area contributed by atoms with Crippen LogP contribution in [0.3, 0.4) is 0 Å². The van der Waals surface area contributed by atoms with E-state index in [1.54, 1.807) is 0 Å². The maximum absolute atomic E-state index is 13.3. The molecule has 1 aliphatic heterocycles. The van der Waals surface area contributed by atoms with E-state index in [0.717, 1.165) is 24.1 Å². The molecule has 2 atom stereocenters. The molecular formula is C20H24N2O. The van der Waals surface area contributed by atoms with Crippen LogP contribution in [-0.2, 0) is 4.79 Å². The SMILES string of the molecule is CN[C@H]1C[C@@H](C)N(C(=O)C(c2ccccc2)c2ccccc2)C1. The largest absolute Gasteiger partial charge is 0.338 e. The predicted octanol–water partition coefficient (Wildman–Crippen LogP) is 3.03. The Morgan fingerprint density at radius 3 is 2.00 bits per heavy atom. The van der Waals surface area contributed by atoms with Crippen LogP contribution in [0.15, 0.2) is 60.7 Å². The van der Waals surface area contributed by atoms with Crippen LogP contribution in [0.2, 0.25) is 0 Å². The molecule has 0 saturated carbocycles.